The van der Waals surface area contributed by atoms with Gasteiger partial charge in [0.1, 0.15) is 5.82 Å². The minimum atomic E-state index is -0.856. The van der Waals surface area contributed by atoms with E-state index in [1.54, 1.807) is 0 Å². The predicted octanol–water partition coefficient (Wildman–Crippen LogP) is 2.30. The standard InChI is InChI=1S/C13H17FN2O2/c1-8(2)3-6-12(17)16-9-4-5-11(14)10(7-9)13(15)18/h4-5,7-8H,3,6H2,1-2H3,(H2,15,18)(H,16,17). The highest BCUT2D eigenvalue weighted by Crippen LogP contribution is 2.15. The van der Waals surface area contributed by atoms with Crippen molar-refractivity contribution in [1.82, 2.24) is 0 Å². The van der Waals surface area contributed by atoms with Crippen LogP contribution < -0.4 is 11.1 Å². The first-order valence-electron chi connectivity index (χ1n) is 5.79. The molecule has 98 valence electrons. The first-order valence-corrected chi connectivity index (χ1v) is 5.79. The lowest BCUT2D eigenvalue weighted by Gasteiger charge is -2.08. The van der Waals surface area contributed by atoms with Crippen molar-refractivity contribution in [2.75, 3.05) is 5.32 Å². The number of benzene rings is 1. The van der Waals surface area contributed by atoms with E-state index in [1.165, 1.54) is 12.1 Å². The zero-order chi connectivity index (χ0) is 13.7. The van der Waals surface area contributed by atoms with Crippen LogP contribution in [0.4, 0.5) is 10.1 Å². The third kappa shape index (κ3) is 4.16. The van der Waals surface area contributed by atoms with Crippen molar-refractivity contribution in [3.8, 4) is 0 Å². The van der Waals surface area contributed by atoms with Crippen molar-refractivity contribution in [3.05, 3.63) is 29.6 Å². The molecule has 1 aromatic rings. The second-order valence-electron chi connectivity index (χ2n) is 4.54. The Kier molecular flexibility index (Phi) is 4.83. The summed E-state index contributed by atoms with van der Waals surface area (Å²) in [5, 5.41) is 2.61. The summed E-state index contributed by atoms with van der Waals surface area (Å²) in [6.45, 7) is 4.05. The van der Waals surface area contributed by atoms with E-state index >= 15 is 0 Å². The molecule has 0 aliphatic rings. The van der Waals surface area contributed by atoms with Gasteiger partial charge in [0.05, 0.1) is 5.56 Å². The van der Waals surface area contributed by atoms with Crippen LogP contribution in [0.25, 0.3) is 0 Å². The first-order chi connectivity index (χ1) is 8.40. The Morgan fingerprint density at radius 3 is 2.61 bits per heavy atom. The van der Waals surface area contributed by atoms with Crippen LogP contribution in [0.5, 0.6) is 0 Å². The van der Waals surface area contributed by atoms with Gasteiger partial charge in [-0.25, -0.2) is 4.39 Å². The third-order valence-electron chi connectivity index (χ3n) is 2.46. The van der Waals surface area contributed by atoms with Gasteiger partial charge in [-0.05, 0) is 30.5 Å². The molecule has 0 radical (unpaired) electrons. The van der Waals surface area contributed by atoms with Crippen LogP contribution in [0.15, 0.2) is 18.2 Å². The van der Waals surface area contributed by atoms with Gasteiger partial charge in [0.25, 0.3) is 5.91 Å². The van der Waals surface area contributed by atoms with E-state index < -0.39 is 11.7 Å². The van der Waals surface area contributed by atoms with E-state index in [4.69, 9.17) is 5.73 Å². The summed E-state index contributed by atoms with van der Waals surface area (Å²) >= 11 is 0. The molecule has 0 aliphatic heterocycles. The van der Waals surface area contributed by atoms with Gasteiger partial charge >= 0.3 is 0 Å². The molecule has 1 aromatic carbocycles. The normalized spacial score (nSPS) is 10.4. The van der Waals surface area contributed by atoms with Crippen LogP contribution in [-0.4, -0.2) is 11.8 Å². The number of primary amides is 1. The van der Waals surface area contributed by atoms with Crippen molar-refractivity contribution in [2.24, 2.45) is 11.7 Å². The number of rotatable bonds is 5. The Morgan fingerprint density at radius 1 is 1.39 bits per heavy atom. The molecule has 0 fully saturated rings. The molecule has 0 spiro atoms. The van der Waals surface area contributed by atoms with Crippen molar-refractivity contribution in [2.45, 2.75) is 26.7 Å². The lowest BCUT2D eigenvalue weighted by atomic mass is 10.1. The summed E-state index contributed by atoms with van der Waals surface area (Å²) in [7, 11) is 0. The SMILES string of the molecule is CC(C)CCC(=O)Nc1ccc(F)c(C(N)=O)c1. The van der Waals surface area contributed by atoms with Gasteiger partial charge in [-0.1, -0.05) is 13.8 Å². The molecule has 0 aromatic heterocycles. The molecule has 2 amide bonds. The molecule has 18 heavy (non-hydrogen) atoms. The number of anilines is 1. The number of carbonyl (C=O) groups excluding carboxylic acids is 2. The fourth-order valence-corrected chi connectivity index (χ4v) is 1.44. The quantitative estimate of drug-likeness (QED) is 0.844. The summed E-state index contributed by atoms with van der Waals surface area (Å²) in [6, 6.07) is 3.75. The van der Waals surface area contributed by atoms with E-state index in [0.29, 0.717) is 18.0 Å². The lowest BCUT2D eigenvalue weighted by Crippen LogP contribution is -2.16. The molecule has 0 unspecified atom stereocenters. The Bertz CT molecular complexity index is 458. The van der Waals surface area contributed by atoms with E-state index in [9.17, 15) is 14.0 Å². The first kappa shape index (κ1) is 14.2. The van der Waals surface area contributed by atoms with Gasteiger partial charge < -0.3 is 11.1 Å². The molecule has 1 rings (SSSR count). The summed E-state index contributed by atoms with van der Waals surface area (Å²) in [5.74, 6) is -1.27. The number of nitrogens with one attached hydrogen (secondary N) is 1. The fourth-order valence-electron chi connectivity index (χ4n) is 1.44. The molecular formula is C13H17FN2O2. The topological polar surface area (TPSA) is 72.2 Å². The van der Waals surface area contributed by atoms with Crippen LogP contribution in [-0.2, 0) is 4.79 Å². The van der Waals surface area contributed by atoms with E-state index in [-0.39, 0.29) is 11.5 Å². The van der Waals surface area contributed by atoms with Crippen LogP contribution in [0.3, 0.4) is 0 Å². The Labute approximate surface area is 105 Å². The number of hydrogen-bond donors (Lipinski definition) is 2. The zero-order valence-electron chi connectivity index (χ0n) is 10.5. The van der Waals surface area contributed by atoms with Crippen molar-refractivity contribution < 1.29 is 14.0 Å². The van der Waals surface area contributed by atoms with Gasteiger partial charge in [-0.2, -0.15) is 0 Å². The maximum absolute atomic E-state index is 13.2. The molecule has 0 aliphatic carbocycles. The third-order valence-corrected chi connectivity index (χ3v) is 2.46. The monoisotopic (exact) mass is 252 g/mol. The van der Waals surface area contributed by atoms with Crippen LogP contribution in [0.1, 0.15) is 37.0 Å². The number of nitrogens with two attached hydrogens (primary N) is 1. The minimum absolute atomic E-state index is 0.161. The fraction of sp³-hybridized carbons (Fsp3) is 0.385. The number of halogens is 1. The molecule has 4 nitrogen and oxygen atoms in total. The second-order valence-corrected chi connectivity index (χ2v) is 4.54. The highest BCUT2D eigenvalue weighted by molar-refractivity contribution is 5.96. The highest BCUT2D eigenvalue weighted by atomic mass is 19.1. The Hall–Kier alpha value is -1.91. The van der Waals surface area contributed by atoms with Gasteiger partial charge in [0, 0.05) is 12.1 Å². The van der Waals surface area contributed by atoms with Crippen molar-refractivity contribution >= 4 is 17.5 Å². The largest absolute Gasteiger partial charge is 0.366 e. The van der Waals surface area contributed by atoms with Gasteiger partial charge in [-0.15, -0.1) is 0 Å². The average Bonchev–Trinajstić information content (AvgIpc) is 2.28. The van der Waals surface area contributed by atoms with Crippen molar-refractivity contribution in [1.29, 1.82) is 0 Å². The van der Waals surface area contributed by atoms with E-state index in [0.717, 1.165) is 12.5 Å². The molecule has 0 atom stereocenters. The number of hydrogen-bond acceptors (Lipinski definition) is 2. The average molecular weight is 252 g/mol. The van der Waals surface area contributed by atoms with Gasteiger partial charge in [0.15, 0.2) is 0 Å². The van der Waals surface area contributed by atoms with Crippen LogP contribution in [0.2, 0.25) is 0 Å². The van der Waals surface area contributed by atoms with E-state index in [2.05, 4.69) is 5.32 Å². The summed E-state index contributed by atoms with van der Waals surface area (Å²) in [5.41, 5.74) is 5.17. The molecule has 0 saturated carbocycles. The molecule has 3 N–H and O–H groups in total. The summed E-state index contributed by atoms with van der Waals surface area (Å²) < 4.78 is 13.2. The van der Waals surface area contributed by atoms with Crippen LogP contribution >= 0.6 is 0 Å². The molecule has 0 heterocycles. The van der Waals surface area contributed by atoms with Crippen molar-refractivity contribution in [3.63, 3.8) is 0 Å². The second kappa shape index (κ2) is 6.14. The van der Waals surface area contributed by atoms with Gasteiger partial charge in [-0.3, -0.25) is 9.59 Å². The molecule has 0 saturated heterocycles. The van der Waals surface area contributed by atoms with Gasteiger partial charge in [0.2, 0.25) is 5.91 Å². The number of carbonyl (C=O) groups is 2. The summed E-state index contributed by atoms with van der Waals surface area (Å²) in [6.07, 6.45) is 1.16. The van der Waals surface area contributed by atoms with Crippen LogP contribution in [0, 0.1) is 11.7 Å². The number of amides is 2. The lowest BCUT2D eigenvalue weighted by molar-refractivity contribution is -0.116. The molecule has 0 bridgehead atoms. The Balaban J connectivity index is 2.70. The highest BCUT2D eigenvalue weighted by Gasteiger charge is 2.10. The summed E-state index contributed by atoms with van der Waals surface area (Å²) in [4.78, 5) is 22.5. The van der Waals surface area contributed by atoms with E-state index in [1.807, 2.05) is 13.8 Å². The molecular weight excluding hydrogens is 235 g/mol. The maximum Gasteiger partial charge on any atom is 0.251 e. The smallest absolute Gasteiger partial charge is 0.251 e. The Morgan fingerprint density at radius 2 is 2.06 bits per heavy atom. The maximum atomic E-state index is 13.2. The zero-order valence-corrected chi connectivity index (χ0v) is 10.5. The molecule has 5 heteroatoms. The minimum Gasteiger partial charge on any atom is -0.366 e. The predicted molar refractivity (Wildman–Crippen MR) is 67.6 cm³/mol.